The van der Waals surface area contributed by atoms with Crippen LogP contribution in [-0.4, -0.2) is 43.5 Å². The topological polar surface area (TPSA) is 90.5 Å². The zero-order valence-electron chi connectivity index (χ0n) is 16.6. The molecular formula is C20H17ClFN5O3S2. The van der Waals surface area contributed by atoms with Gasteiger partial charge in [-0.05, 0) is 42.5 Å². The van der Waals surface area contributed by atoms with E-state index in [0.29, 0.717) is 40.0 Å². The third-order valence-corrected chi connectivity index (χ3v) is 7.26. The predicted molar refractivity (Wildman–Crippen MR) is 122 cm³/mol. The molecule has 1 unspecified atom stereocenters. The van der Waals surface area contributed by atoms with E-state index in [-0.39, 0.29) is 28.3 Å². The fourth-order valence-electron chi connectivity index (χ4n) is 3.66. The lowest BCUT2D eigenvalue weighted by atomic mass is 10.2. The van der Waals surface area contributed by atoms with E-state index in [4.69, 9.17) is 16.3 Å². The normalized spacial score (nSPS) is 16.2. The highest BCUT2D eigenvalue weighted by molar-refractivity contribution is 7.99. The number of hydrogen-bond donors (Lipinski definition) is 1. The first-order valence-corrected chi connectivity index (χ1v) is 12.1. The molecule has 1 aliphatic heterocycles. The maximum Gasteiger partial charge on any atom is 0.272 e. The van der Waals surface area contributed by atoms with E-state index in [2.05, 4.69) is 15.5 Å². The van der Waals surface area contributed by atoms with Crippen LogP contribution in [-0.2, 0) is 16.1 Å². The molecule has 5 rings (SSSR count). The van der Waals surface area contributed by atoms with Crippen LogP contribution < -0.4 is 10.9 Å². The van der Waals surface area contributed by atoms with Crippen molar-refractivity contribution in [3.05, 3.63) is 50.8 Å². The second-order valence-corrected chi connectivity index (χ2v) is 9.53. The Labute approximate surface area is 194 Å². The number of amides is 1. The summed E-state index contributed by atoms with van der Waals surface area (Å²) in [5.41, 5.74) is 0.911. The molecule has 166 valence electrons. The number of fused-ring (bicyclic) bond motifs is 3. The zero-order valence-corrected chi connectivity index (χ0v) is 19.0. The second kappa shape index (κ2) is 8.81. The Bertz CT molecular complexity index is 1380. The monoisotopic (exact) mass is 493 g/mol. The fourth-order valence-corrected chi connectivity index (χ4v) is 5.44. The van der Waals surface area contributed by atoms with Crippen molar-refractivity contribution in [1.82, 2.24) is 19.2 Å². The molecule has 3 aromatic heterocycles. The second-order valence-electron chi connectivity index (χ2n) is 7.26. The molecule has 32 heavy (non-hydrogen) atoms. The summed E-state index contributed by atoms with van der Waals surface area (Å²) in [6.07, 6.45) is 1.83. The molecule has 0 spiro atoms. The first-order chi connectivity index (χ1) is 15.5. The van der Waals surface area contributed by atoms with Gasteiger partial charge in [0.25, 0.3) is 5.56 Å². The van der Waals surface area contributed by atoms with Gasteiger partial charge in [0.2, 0.25) is 11.7 Å². The van der Waals surface area contributed by atoms with Gasteiger partial charge in [-0.1, -0.05) is 23.4 Å². The quantitative estimate of drug-likeness (QED) is 0.411. The van der Waals surface area contributed by atoms with Gasteiger partial charge in [-0.2, -0.15) is 0 Å². The van der Waals surface area contributed by atoms with Crippen molar-refractivity contribution in [3.63, 3.8) is 0 Å². The Hall–Kier alpha value is -2.47. The van der Waals surface area contributed by atoms with E-state index in [1.54, 1.807) is 8.97 Å². The Morgan fingerprint density at radius 1 is 1.38 bits per heavy atom. The van der Waals surface area contributed by atoms with Crippen LogP contribution in [0.4, 0.5) is 10.1 Å². The van der Waals surface area contributed by atoms with Gasteiger partial charge in [0.05, 0.1) is 34.6 Å². The molecule has 1 fully saturated rings. The van der Waals surface area contributed by atoms with Crippen molar-refractivity contribution < 1.29 is 13.9 Å². The van der Waals surface area contributed by atoms with Crippen molar-refractivity contribution in [2.24, 2.45) is 0 Å². The summed E-state index contributed by atoms with van der Waals surface area (Å²) in [5.74, 6) is -0.355. The minimum Gasteiger partial charge on any atom is -0.376 e. The number of halogens is 2. The summed E-state index contributed by atoms with van der Waals surface area (Å²) in [6.45, 7) is 1.10. The molecular weight excluding hydrogens is 477 g/mol. The number of benzene rings is 1. The molecule has 12 heteroatoms. The molecule has 1 N–H and O–H groups in total. The molecule has 0 radical (unpaired) electrons. The first kappa shape index (κ1) is 21.4. The SMILES string of the molecule is O=C(CSc1nnc2n(CC3CCCO3)c(=O)c3sccc3n12)Nc1ccc(F)cc1Cl. The van der Waals surface area contributed by atoms with E-state index in [9.17, 15) is 14.0 Å². The van der Waals surface area contributed by atoms with Crippen molar-refractivity contribution in [3.8, 4) is 0 Å². The van der Waals surface area contributed by atoms with Gasteiger partial charge in [-0.25, -0.2) is 4.39 Å². The lowest BCUT2D eigenvalue weighted by Crippen LogP contribution is -2.28. The summed E-state index contributed by atoms with van der Waals surface area (Å²) in [5, 5.41) is 13.6. The highest BCUT2D eigenvalue weighted by Gasteiger charge is 2.23. The minimum absolute atomic E-state index is 0.0327. The summed E-state index contributed by atoms with van der Waals surface area (Å²) in [7, 11) is 0. The highest BCUT2D eigenvalue weighted by atomic mass is 35.5. The van der Waals surface area contributed by atoms with Crippen LogP contribution in [0.3, 0.4) is 0 Å². The number of nitrogens with zero attached hydrogens (tertiary/aromatic N) is 4. The number of thiophene rings is 1. The van der Waals surface area contributed by atoms with E-state index in [0.717, 1.165) is 18.9 Å². The van der Waals surface area contributed by atoms with Crippen molar-refractivity contribution >= 4 is 62.3 Å². The van der Waals surface area contributed by atoms with Gasteiger partial charge < -0.3 is 10.1 Å². The summed E-state index contributed by atoms with van der Waals surface area (Å²) >= 11 is 8.52. The highest BCUT2D eigenvalue weighted by Crippen LogP contribution is 2.26. The molecule has 4 heterocycles. The zero-order chi connectivity index (χ0) is 22.2. The predicted octanol–water partition coefficient (Wildman–Crippen LogP) is 3.81. The van der Waals surface area contributed by atoms with Gasteiger partial charge in [-0.3, -0.25) is 18.6 Å². The lowest BCUT2D eigenvalue weighted by Gasteiger charge is -2.13. The number of nitrogens with one attached hydrogen (secondary N) is 1. The van der Waals surface area contributed by atoms with Crippen LogP contribution in [0.1, 0.15) is 12.8 Å². The number of carbonyl (C=O) groups is 1. The van der Waals surface area contributed by atoms with Crippen LogP contribution >= 0.6 is 34.7 Å². The van der Waals surface area contributed by atoms with Gasteiger partial charge in [0.15, 0.2) is 5.16 Å². The molecule has 0 aliphatic carbocycles. The Morgan fingerprint density at radius 3 is 3.03 bits per heavy atom. The maximum atomic E-state index is 13.2. The van der Waals surface area contributed by atoms with Crippen LogP contribution in [0.5, 0.6) is 0 Å². The van der Waals surface area contributed by atoms with Crippen LogP contribution in [0.15, 0.2) is 39.6 Å². The standard InChI is InChI=1S/C20H17ClFN5O3S2/c21-13-8-11(22)3-4-14(13)23-16(28)10-32-20-25-24-19-26(9-12-2-1-6-30-12)18(29)17-15(27(19)20)5-7-31-17/h3-5,7-8,12H,1-2,6,9-10H2,(H,23,28). The maximum absolute atomic E-state index is 13.2. The Kier molecular flexibility index (Phi) is 5.89. The Morgan fingerprint density at radius 2 is 2.25 bits per heavy atom. The number of carbonyl (C=O) groups excluding carboxylic acids is 1. The number of aromatic nitrogens is 4. The lowest BCUT2D eigenvalue weighted by molar-refractivity contribution is -0.113. The van der Waals surface area contributed by atoms with Gasteiger partial charge in [0, 0.05) is 6.61 Å². The molecule has 1 aromatic carbocycles. The van der Waals surface area contributed by atoms with Crippen molar-refractivity contribution in [2.75, 3.05) is 17.7 Å². The number of anilines is 1. The van der Waals surface area contributed by atoms with Crippen LogP contribution in [0.25, 0.3) is 16.0 Å². The molecule has 1 aliphatic rings. The van der Waals surface area contributed by atoms with E-state index < -0.39 is 5.82 Å². The molecule has 1 saturated heterocycles. The largest absolute Gasteiger partial charge is 0.376 e. The van der Waals surface area contributed by atoms with Gasteiger partial charge in [-0.15, -0.1) is 21.5 Å². The van der Waals surface area contributed by atoms with Gasteiger partial charge in [0.1, 0.15) is 10.5 Å². The molecule has 0 bridgehead atoms. The number of thioether (sulfide) groups is 1. The summed E-state index contributed by atoms with van der Waals surface area (Å²) in [6, 6.07) is 5.61. The van der Waals surface area contributed by atoms with E-state index in [1.165, 1.54) is 35.2 Å². The molecule has 4 aromatic rings. The smallest absolute Gasteiger partial charge is 0.272 e. The molecule has 0 saturated carbocycles. The van der Waals surface area contributed by atoms with Crippen LogP contribution in [0.2, 0.25) is 5.02 Å². The number of rotatable bonds is 6. The van der Waals surface area contributed by atoms with Crippen molar-refractivity contribution in [2.45, 2.75) is 30.6 Å². The summed E-state index contributed by atoms with van der Waals surface area (Å²) in [4.78, 5) is 25.5. The number of hydrogen-bond acceptors (Lipinski definition) is 7. The Balaban J connectivity index is 1.42. The minimum atomic E-state index is -0.480. The fraction of sp³-hybridized carbons (Fsp3) is 0.300. The van der Waals surface area contributed by atoms with E-state index >= 15 is 0 Å². The van der Waals surface area contributed by atoms with E-state index in [1.807, 2.05) is 11.4 Å². The van der Waals surface area contributed by atoms with Crippen molar-refractivity contribution in [1.29, 1.82) is 0 Å². The molecule has 1 atom stereocenters. The molecule has 8 nitrogen and oxygen atoms in total. The third-order valence-electron chi connectivity index (χ3n) is 5.13. The molecule has 1 amide bonds. The average Bonchev–Trinajstić information content (AvgIpc) is 3.52. The average molecular weight is 494 g/mol. The number of ether oxygens (including phenoxy) is 1. The summed E-state index contributed by atoms with van der Waals surface area (Å²) < 4.78 is 22.9. The van der Waals surface area contributed by atoms with Gasteiger partial charge >= 0.3 is 0 Å². The van der Waals surface area contributed by atoms with Crippen LogP contribution in [0, 0.1) is 5.82 Å². The first-order valence-electron chi connectivity index (χ1n) is 9.85. The third kappa shape index (κ3) is 4.01.